The Morgan fingerprint density at radius 3 is 2.96 bits per heavy atom. The minimum Gasteiger partial charge on any atom is -0.376 e. The van der Waals surface area contributed by atoms with Crippen molar-refractivity contribution < 1.29 is 9.53 Å². The second-order valence-corrected chi connectivity index (χ2v) is 8.47. The molecule has 7 heteroatoms. The van der Waals surface area contributed by atoms with Crippen LogP contribution in [0.2, 0.25) is 0 Å². The first-order chi connectivity index (χ1) is 13.1. The van der Waals surface area contributed by atoms with E-state index in [2.05, 4.69) is 39.3 Å². The lowest BCUT2D eigenvalue weighted by Crippen LogP contribution is -2.43. The van der Waals surface area contributed by atoms with E-state index in [0.717, 1.165) is 38.4 Å². The van der Waals surface area contributed by atoms with Gasteiger partial charge in [0.05, 0.1) is 12.1 Å². The predicted molar refractivity (Wildman–Crippen MR) is 105 cm³/mol. The second-order valence-electron chi connectivity index (χ2n) is 8.47. The van der Waals surface area contributed by atoms with E-state index < -0.39 is 0 Å². The molecule has 1 amide bonds. The first kappa shape index (κ1) is 18.5. The Morgan fingerprint density at radius 2 is 2.19 bits per heavy atom. The minimum absolute atomic E-state index is 0.211. The fourth-order valence-corrected chi connectivity index (χ4v) is 4.25. The highest BCUT2D eigenvalue weighted by Gasteiger charge is 2.39. The summed E-state index contributed by atoms with van der Waals surface area (Å²) in [6.45, 7) is 6.84. The summed E-state index contributed by atoms with van der Waals surface area (Å²) in [5.41, 5.74) is 0. The molecule has 3 fully saturated rings. The molecule has 1 aromatic heterocycles. The van der Waals surface area contributed by atoms with Crippen LogP contribution in [-0.4, -0.2) is 58.7 Å². The number of hydrogen-bond acceptors (Lipinski definition) is 6. The number of nitrogens with one attached hydrogen (secondary N) is 2. The van der Waals surface area contributed by atoms with E-state index in [1.54, 1.807) is 6.20 Å². The summed E-state index contributed by atoms with van der Waals surface area (Å²) in [6, 6.07) is 2.70. The number of likely N-dealkylation sites (tertiary alicyclic amines) is 1. The van der Waals surface area contributed by atoms with Crippen molar-refractivity contribution in [2.75, 3.05) is 30.3 Å². The molecule has 0 bridgehead atoms. The lowest BCUT2D eigenvalue weighted by Gasteiger charge is -2.35. The molecular formula is C20H31N5O2. The number of hydrogen-bond donors (Lipinski definition) is 2. The van der Waals surface area contributed by atoms with Crippen LogP contribution in [0.25, 0.3) is 0 Å². The Labute approximate surface area is 161 Å². The average molecular weight is 374 g/mol. The standard InChI is InChI=1S/C20H31N5O2/c1-13(2)19-16(4-3-9-27-19)23-17-7-8-21-20(24-17)22-11-14-10-18(26)25(12-14)15-5-6-15/h7-8,13-16,19H,3-6,9-12H2,1-2H3,(H2,21,22,23,24)/t14-,16-,19+/m1/s1. The van der Waals surface area contributed by atoms with Crippen molar-refractivity contribution in [3.8, 4) is 0 Å². The van der Waals surface area contributed by atoms with Crippen molar-refractivity contribution in [3.05, 3.63) is 12.3 Å². The summed E-state index contributed by atoms with van der Waals surface area (Å²) in [5.74, 6) is 2.57. The van der Waals surface area contributed by atoms with Gasteiger partial charge in [-0.3, -0.25) is 4.79 Å². The molecule has 2 N–H and O–H groups in total. The van der Waals surface area contributed by atoms with Gasteiger partial charge in [-0.1, -0.05) is 13.8 Å². The number of ether oxygens (including phenoxy) is 1. The quantitative estimate of drug-likeness (QED) is 0.765. The lowest BCUT2D eigenvalue weighted by atomic mass is 9.94. The van der Waals surface area contributed by atoms with Gasteiger partial charge in [0.25, 0.3) is 0 Å². The van der Waals surface area contributed by atoms with E-state index in [9.17, 15) is 4.79 Å². The average Bonchev–Trinajstić information content (AvgIpc) is 3.43. The fourth-order valence-electron chi connectivity index (χ4n) is 4.25. The van der Waals surface area contributed by atoms with Crippen molar-refractivity contribution in [2.45, 2.75) is 64.1 Å². The Kier molecular flexibility index (Phi) is 5.48. The molecule has 2 saturated heterocycles. The van der Waals surface area contributed by atoms with Gasteiger partial charge in [-0.25, -0.2) is 4.98 Å². The third-order valence-corrected chi connectivity index (χ3v) is 5.79. The van der Waals surface area contributed by atoms with Gasteiger partial charge < -0.3 is 20.3 Å². The molecule has 3 atom stereocenters. The Morgan fingerprint density at radius 1 is 1.33 bits per heavy atom. The summed E-state index contributed by atoms with van der Waals surface area (Å²) in [4.78, 5) is 23.1. The van der Waals surface area contributed by atoms with Gasteiger partial charge in [-0.05, 0) is 37.7 Å². The Bertz CT molecular complexity index is 664. The monoisotopic (exact) mass is 373 g/mol. The third-order valence-electron chi connectivity index (χ3n) is 5.79. The van der Waals surface area contributed by atoms with Crippen LogP contribution in [0.15, 0.2) is 12.3 Å². The fraction of sp³-hybridized carbons (Fsp3) is 0.750. The van der Waals surface area contributed by atoms with Crippen LogP contribution >= 0.6 is 0 Å². The Balaban J connectivity index is 1.31. The van der Waals surface area contributed by atoms with Crippen LogP contribution in [0.5, 0.6) is 0 Å². The maximum atomic E-state index is 12.1. The van der Waals surface area contributed by atoms with Crippen molar-refractivity contribution in [3.63, 3.8) is 0 Å². The summed E-state index contributed by atoms with van der Waals surface area (Å²) in [5, 5.41) is 6.87. The number of carbonyl (C=O) groups is 1. The maximum absolute atomic E-state index is 12.1. The van der Waals surface area contributed by atoms with Crippen LogP contribution in [0.3, 0.4) is 0 Å². The molecule has 7 nitrogen and oxygen atoms in total. The van der Waals surface area contributed by atoms with E-state index in [0.29, 0.717) is 36.2 Å². The molecule has 2 aliphatic heterocycles. The predicted octanol–water partition coefficient (Wildman–Crippen LogP) is 2.51. The zero-order valence-corrected chi connectivity index (χ0v) is 16.4. The van der Waals surface area contributed by atoms with Crippen LogP contribution in [0.4, 0.5) is 11.8 Å². The van der Waals surface area contributed by atoms with Crippen LogP contribution in [0.1, 0.15) is 46.0 Å². The van der Waals surface area contributed by atoms with Crippen molar-refractivity contribution in [2.24, 2.45) is 11.8 Å². The largest absolute Gasteiger partial charge is 0.376 e. The molecule has 0 radical (unpaired) electrons. The van der Waals surface area contributed by atoms with Gasteiger partial charge in [0, 0.05) is 44.3 Å². The van der Waals surface area contributed by atoms with E-state index in [1.165, 1.54) is 12.8 Å². The first-order valence-electron chi connectivity index (χ1n) is 10.3. The number of rotatable bonds is 7. The number of carbonyl (C=O) groups excluding carboxylic acids is 1. The molecule has 0 aromatic carbocycles. The summed E-state index contributed by atoms with van der Waals surface area (Å²) in [7, 11) is 0. The molecule has 27 heavy (non-hydrogen) atoms. The molecule has 4 rings (SSSR count). The molecule has 0 unspecified atom stereocenters. The number of nitrogens with zero attached hydrogens (tertiary/aromatic N) is 3. The van der Waals surface area contributed by atoms with Gasteiger partial charge in [0.15, 0.2) is 0 Å². The molecular weight excluding hydrogens is 342 g/mol. The molecule has 1 aromatic rings. The van der Waals surface area contributed by atoms with Crippen molar-refractivity contribution in [1.29, 1.82) is 0 Å². The topological polar surface area (TPSA) is 79.4 Å². The zero-order chi connectivity index (χ0) is 18.8. The van der Waals surface area contributed by atoms with Gasteiger partial charge in [-0.15, -0.1) is 0 Å². The van der Waals surface area contributed by atoms with E-state index >= 15 is 0 Å². The smallest absolute Gasteiger partial charge is 0.224 e. The second kappa shape index (κ2) is 8.00. The third kappa shape index (κ3) is 4.51. The Hall–Kier alpha value is -1.89. The van der Waals surface area contributed by atoms with Gasteiger partial charge in [-0.2, -0.15) is 4.98 Å². The van der Waals surface area contributed by atoms with Gasteiger partial charge in [0.2, 0.25) is 11.9 Å². The molecule has 0 spiro atoms. The van der Waals surface area contributed by atoms with Crippen LogP contribution in [-0.2, 0) is 9.53 Å². The molecule has 1 aliphatic carbocycles. The zero-order valence-electron chi connectivity index (χ0n) is 16.4. The number of aromatic nitrogens is 2. The minimum atomic E-state index is 0.211. The van der Waals surface area contributed by atoms with Crippen molar-refractivity contribution >= 4 is 17.7 Å². The summed E-state index contributed by atoms with van der Waals surface area (Å²) < 4.78 is 5.96. The van der Waals surface area contributed by atoms with Gasteiger partial charge >= 0.3 is 0 Å². The molecule has 148 valence electrons. The number of anilines is 2. The molecule has 3 heterocycles. The maximum Gasteiger partial charge on any atom is 0.224 e. The van der Waals surface area contributed by atoms with E-state index in [1.807, 2.05) is 6.07 Å². The normalized spacial score (nSPS) is 28.6. The highest BCUT2D eigenvalue weighted by atomic mass is 16.5. The molecule has 1 saturated carbocycles. The summed E-state index contributed by atoms with van der Waals surface area (Å²) in [6.07, 6.45) is 7.14. The van der Waals surface area contributed by atoms with Crippen LogP contribution < -0.4 is 10.6 Å². The van der Waals surface area contributed by atoms with Crippen molar-refractivity contribution in [1.82, 2.24) is 14.9 Å². The SMILES string of the molecule is CC(C)[C@@H]1OCCC[C@H]1Nc1ccnc(NC[C@H]2CC(=O)N(C3CC3)C2)n1. The highest BCUT2D eigenvalue weighted by molar-refractivity contribution is 5.79. The van der Waals surface area contributed by atoms with Crippen LogP contribution in [0, 0.1) is 11.8 Å². The number of amides is 1. The van der Waals surface area contributed by atoms with E-state index in [-0.39, 0.29) is 12.1 Å². The first-order valence-corrected chi connectivity index (χ1v) is 10.3. The lowest BCUT2D eigenvalue weighted by molar-refractivity contribution is -0.128. The summed E-state index contributed by atoms with van der Waals surface area (Å²) >= 11 is 0. The highest BCUT2D eigenvalue weighted by Crippen LogP contribution is 2.32. The van der Waals surface area contributed by atoms with Gasteiger partial charge in [0.1, 0.15) is 5.82 Å². The van der Waals surface area contributed by atoms with E-state index in [4.69, 9.17) is 4.74 Å². The molecule has 3 aliphatic rings.